The summed E-state index contributed by atoms with van der Waals surface area (Å²) in [7, 11) is 3.21. The number of benzene rings is 2. The number of carbonyl (C=O) groups excluding carboxylic acids is 1. The Balaban J connectivity index is 1.56. The Hall–Kier alpha value is -4.23. The molecule has 0 bridgehead atoms. The van der Waals surface area contributed by atoms with E-state index >= 15 is 0 Å². The van der Waals surface area contributed by atoms with Gasteiger partial charge in [0, 0.05) is 17.4 Å². The van der Waals surface area contributed by atoms with Gasteiger partial charge < -0.3 is 14.8 Å². The number of rotatable bonds is 8. The molecule has 1 N–H and O–H groups in total. The van der Waals surface area contributed by atoms with Gasteiger partial charge in [0.25, 0.3) is 0 Å². The van der Waals surface area contributed by atoms with E-state index in [-0.39, 0.29) is 11.7 Å². The van der Waals surface area contributed by atoms with E-state index in [1.54, 1.807) is 25.1 Å². The second kappa shape index (κ2) is 10.4. The summed E-state index contributed by atoms with van der Waals surface area (Å²) in [6.07, 6.45) is 1.59. The van der Waals surface area contributed by atoms with Gasteiger partial charge in [0.1, 0.15) is 29.7 Å². The molecule has 0 saturated heterocycles. The van der Waals surface area contributed by atoms with E-state index in [9.17, 15) is 10.1 Å². The Morgan fingerprint density at radius 2 is 1.83 bits per heavy atom. The molecule has 4 rings (SSSR count). The number of methoxy groups -OCH3 is 2. The topological polar surface area (TPSA) is 107 Å². The maximum absolute atomic E-state index is 13.0. The molecule has 0 atom stereocenters. The summed E-state index contributed by atoms with van der Waals surface area (Å²) >= 11 is 1.25. The fraction of sp³-hybridized carbons (Fsp3) is 0.200. The highest BCUT2D eigenvalue weighted by atomic mass is 32.2. The standard InChI is InChI=1S/C25H24N6O3S/c1-16-17(2)31(18-8-10-20(33-3)11-9-18)24(22(16)13-26)28-23(32)14-35-25-29-27-15-30(25)19-6-5-7-21(12-19)34-4/h5-12,15H,14H2,1-4H3,(H,28,32). The highest BCUT2D eigenvalue weighted by Crippen LogP contribution is 2.31. The van der Waals surface area contributed by atoms with Crippen LogP contribution >= 0.6 is 11.8 Å². The largest absolute Gasteiger partial charge is 0.497 e. The average Bonchev–Trinajstić information content (AvgIpc) is 3.45. The number of amides is 1. The Morgan fingerprint density at radius 3 is 2.51 bits per heavy atom. The van der Waals surface area contributed by atoms with Crippen molar-refractivity contribution in [2.24, 2.45) is 0 Å². The molecular formula is C25H24N6O3S. The normalized spacial score (nSPS) is 10.6. The molecule has 0 radical (unpaired) electrons. The lowest BCUT2D eigenvalue weighted by atomic mass is 10.2. The van der Waals surface area contributed by atoms with Gasteiger partial charge in [0.2, 0.25) is 5.91 Å². The average molecular weight is 489 g/mol. The van der Waals surface area contributed by atoms with E-state index in [0.29, 0.717) is 22.3 Å². The number of aromatic nitrogens is 4. The Morgan fingerprint density at radius 1 is 1.09 bits per heavy atom. The van der Waals surface area contributed by atoms with Gasteiger partial charge in [0.05, 0.1) is 31.2 Å². The highest BCUT2D eigenvalue weighted by molar-refractivity contribution is 7.99. The highest BCUT2D eigenvalue weighted by Gasteiger charge is 2.21. The third kappa shape index (κ3) is 4.85. The smallest absolute Gasteiger partial charge is 0.236 e. The maximum atomic E-state index is 13.0. The molecule has 9 nitrogen and oxygen atoms in total. The number of nitriles is 1. The van der Waals surface area contributed by atoms with Gasteiger partial charge in [-0.2, -0.15) is 5.26 Å². The predicted molar refractivity (Wildman–Crippen MR) is 134 cm³/mol. The minimum Gasteiger partial charge on any atom is -0.497 e. The van der Waals surface area contributed by atoms with Crippen LogP contribution in [0.4, 0.5) is 5.82 Å². The summed E-state index contributed by atoms with van der Waals surface area (Å²) in [6.45, 7) is 3.79. The molecule has 0 spiro atoms. The van der Waals surface area contributed by atoms with E-state index in [2.05, 4.69) is 21.6 Å². The zero-order chi connectivity index (χ0) is 24.9. The Kier molecular flexibility index (Phi) is 7.08. The fourth-order valence-electron chi connectivity index (χ4n) is 3.67. The van der Waals surface area contributed by atoms with Crippen LogP contribution in [0, 0.1) is 25.2 Å². The molecule has 2 heterocycles. The second-order valence-electron chi connectivity index (χ2n) is 7.60. The van der Waals surface area contributed by atoms with Crippen LogP contribution in [-0.4, -0.2) is 45.2 Å². The van der Waals surface area contributed by atoms with Gasteiger partial charge >= 0.3 is 0 Å². The van der Waals surface area contributed by atoms with E-state index in [4.69, 9.17) is 9.47 Å². The molecule has 35 heavy (non-hydrogen) atoms. The van der Waals surface area contributed by atoms with Crippen molar-refractivity contribution in [3.05, 3.63) is 71.7 Å². The molecule has 2 aromatic carbocycles. The SMILES string of the molecule is COc1ccc(-n2c(C)c(C)c(C#N)c2NC(=O)CSc2nncn2-c2cccc(OC)c2)cc1. The van der Waals surface area contributed by atoms with Crippen molar-refractivity contribution in [2.45, 2.75) is 19.0 Å². The van der Waals surface area contributed by atoms with Gasteiger partial charge in [0.15, 0.2) is 5.16 Å². The van der Waals surface area contributed by atoms with Crippen molar-refractivity contribution >= 4 is 23.5 Å². The van der Waals surface area contributed by atoms with Crippen LogP contribution in [0.1, 0.15) is 16.8 Å². The molecule has 10 heteroatoms. The molecule has 2 aromatic heterocycles. The fourth-order valence-corrected chi connectivity index (χ4v) is 4.40. The number of thioether (sulfide) groups is 1. The minimum atomic E-state index is -0.265. The zero-order valence-electron chi connectivity index (χ0n) is 19.8. The van der Waals surface area contributed by atoms with E-state index < -0.39 is 0 Å². The Bertz CT molecular complexity index is 1400. The van der Waals surface area contributed by atoms with Gasteiger partial charge in [-0.1, -0.05) is 17.8 Å². The molecule has 0 aliphatic heterocycles. The molecule has 0 fully saturated rings. The first-order chi connectivity index (χ1) is 17.0. The molecule has 0 saturated carbocycles. The quantitative estimate of drug-likeness (QED) is 0.369. The molecule has 4 aromatic rings. The predicted octanol–water partition coefficient (Wildman–Crippen LogP) is 4.29. The van der Waals surface area contributed by atoms with E-state index in [0.717, 1.165) is 28.4 Å². The van der Waals surface area contributed by atoms with Crippen molar-refractivity contribution in [3.8, 4) is 28.9 Å². The third-order valence-corrected chi connectivity index (χ3v) is 6.54. The maximum Gasteiger partial charge on any atom is 0.236 e. The monoisotopic (exact) mass is 488 g/mol. The summed E-state index contributed by atoms with van der Waals surface area (Å²) < 4.78 is 14.2. The Labute approximate surface area is 207 Å². The van der Waals surface area contributed by atoms with Crippen molar-refractivity contribution in [1.82, 2.24) is 19.3 Å². The van der Waals surface area contributed by atoms with Gasteiger partial charge in [-0.15, -0.1) is 10.2 Å². The van der Waals surface area contributed by atoms with Crippen LogP contribution in [-0.2, 0) is 4.79 Å². The summed E-state index contributed by atoms with van der Waals surface area (Å²) in [4.78, 5) is 13.0. The second-order valence-corrected chi connectivity index (χ2v) is 8.54. The van der Waals surface area contributed by atoms with Crippen LogP contribution in [0.15, 0.2) is 60.0 Å². The number of ether oxygens (including phenoxy) is 2. The summed E-state index contributed by atoms with van der Waals surface area (Å²) in [5.74, 6) is 1.68. The van der Waals surface area contributed by atoms with Crippen LogP contribution in [0.5, 0.6) is 11.5 Å². The number of nitrogens with one attached hydrogen (secondary N) is 1. The van der Waals surface area contributed by atoms with Crippen LogP contribution in [0.2, 0.25) is 0 Å². The number of hydrogen-bond donors (Lipinski definition) is 1. The molecule has 1 amide bonds. The first-order valence-corrected chi connectivity index (χ1v) is 11.7. The number of hydrogen-bond acceptors (Lipinski definition) is 7. The number of anilines is 1. The molecule has 0 unspecified atom stereocenters. The summed E-state index contributed by atoms with van der Waals surface area (Å²) in [5.41, 5.74) is 3.74. The molecule has 178 valence electrons. The van der Waals surface area contributed by atoms with Gasteiger partial charge in [-0.25, -0.2) is 0 Å². The first kappa shape index (κ1) is 23.9. The van der Waals surface area contributed by atoms with Crippen molar-refractivity contribution in [1.29, 1.82) is 5.26 Å². The summed E-state index contributed by atoms with van der Waals surface area (Å²) in [6, 6.07) is 17.2. The lowest BCUT2D eigenvalue weighted by molar-refractivity contribution is -0.113. The minimum absolute atomic E-state index is 0.0828. The number of carbonyl (C=O) groups is 1. The van der Waals surface area contributed by atoms with Crippen LogP contribution < -0.4 is 14.8 Å². The van der Waals surface area contributed by atoms with Crippen molar-refractivity contribution < 1.29 is 14.3 Å². The first-order valence-electron chi connectivity index (χ1n) is 10.7. The van der Waals surface area contributed by atoms with Crippen molar-refractivity contribution in [2.75, 3.05) is 25.3 Å². The lowest BCUT2D eigenvalue weighted by Gasteiger charge is -2.14. The molecular weight excluding hydrogens is 464 g/mol. The summed E-state index contributed by atoms with van der Waals surface area (Å²) in [5, 5.41) is 21.4. The van der Waals surface area contributed by atoms with E-state index in [1.165, 1.54) is 11.8 Å². The van der Waals surface area contributed by atoms with Gasteiger partial charge in [-0.3, -0.25) is 13.9 Å². The third-order valence-electron chi connectivity index (χ3n) is 5.59. The lowest BCUT2D eigenvalue weighted by Crippen LogP contribution is -2.18. The molecule has 0 aliphatic carbocycles. The van der Waals surface area contributed by atoms with Crippen LogP contribution in [0.3, 0.4) is 0 Å². The zero-order valence-corrected chi connectivity index (χ0v) is 20.6. The van der Waals surface area contributed by atoms with E-state index in [1.807, 2.05) is 66.9 Å². The van der Waals surface area contributed by atoms with Crippen LogP contribution in [0.25, 0.3) is 11.4 Å². The number of nitrogens with zero attached hydrogens (tertiary/aromatic N) is 5. The van der Waals surface area contributed by atoms with Gasteiger partial charge in [-0.05, 0) is 55.8 Å². The molecule has 0 aliphatic rings. The van der Waals surface area contributed by atoms with Crippen molar-refractivity contribution in [3.63, 3.8) is 0 Å².